The van der Waals surface area contributed by atoms with Gasteiger partial charge in [-0.2, -0.15) is 4.98 Å². The summed E-state index contributed by atoms with van der Waals surface area (Å²) < 4.78 is 11.3. The van der Waals surface area contributed by atoms with Crippen molar-refractivity contribution >= 4 is 21.7 Å². The first-order chi connectivity index (χ1) is 10.7. The second kappa shape index (κ2) is 6.48. The number of nitrogens with zero attached hydrogens (tertiary/aromatic N) is 3. The summed E-state index contributed by atoms with van der Waals surface area (Å²) in [4.78, 5) is 20.1. The molecule has 0 fully saturated rings. The number of hydrogen-bond acceptors (Lipinski definition) is 6. The molecule has 0 aliphatic rings. The Morgan fingerprint density at radius 2 is 2.00 bits per heavy atom. The van der Waals surface area contributed by atoms with E-state index in [-0.39, 0.29) is 18.3 Å². The van der Waals surface area contributed by atoms with Gasteiger partial charge in [-0.15, -0.1) is 0 Å². The number of halogens is 1. The van der Waals surface area contributed by atoms with Crippen molar-refractivity contribution in [2.45, 2.75) is 0 Å². The van der Waals surface area contributed by atoms with Gasteiger partial charge in [-0.3, -0.25) is 9.78 Å². The van der Waals surface area contributed by atoms with Gasteiger partial charge in [0, 0.05) is 10.7 Å². The Bertz CT molecular complexity index is 772. The minimum absolute atomic E-state index is 0.0993. The third-order valence-corrected chi connectivity index (χ3v) is 3.27. The molecule has 3 aromatic rings. The maximum absolute atomic E-state index is 12.0. The molecule has 0 bridgehead atoms. The smallest absolute Gasteiger partial charge is 0.298 e. The second-order valence-corrected chi connectivity index (χ2v) is 5.22. The molecule has 0 spiro atoms. The summed E-state index contributed by atoms with van der Waals surface area (Å²) in [6.07, 6.45) is 1.61. The molecule has 0 unspecified atom stereocenters. The molecule has 0 saturated carbocycles. The third kappa shape index (κ3) is 3.37. The van der Waals surface area contributed by atoms with Crippen LogP contribution >= 0.6 is 15.9 Å². The van der Waals surface area contributed by atoms with Crippen LogP contribution in [0.25, 0.3) is 11.5 Å². The predicted molar refractivity (Wildman–Crippen MR) is 81.5 cm³/mol. The van der Waals surface area contributed by atoms with Gasteiger partial charge >= 0.3 is 0 Å². The van der Waals surface area contributed by atoms with Gasteiger partial charge in [0.25, 0.3) is 11.7 Å². The SMILES string of the molecule is O=C(COc1ccc(Br)cc1)c1nc(-c2ccccn2)no1. The lowest BCUT2D eigenvalue weighted by atomic mass is 10.3. The molecule has 0 aliphatic carbocycles. The lowest BCUT2D eigenvalue weighted by molar-refractivity contribution is 0.0877. The summed E-state index contributed by atoms with van der Waals surface area (Å²) in [6, 6.07) is 12.5. The third-order valence-electron chi connectivity index (χ3n) is 2.74. The van der Waals surface area contributed by atoms with Gasteiger partial charge in [-0.05, 0) is 36.4 Å². The molecule has 6 nitrogen and oxygen atoms in total. The summed E-state index contributed by atoms with van der Waals surface area (Å²) in [5, 5.41) is 3.74. The Balaban J connectivity index is 1.66. The molecule has 0 radical (unpaired) electrons. The van der Waals surface area contributed by atoms with Crippen molar-refractivity contribution in [3.63, 3.8) is 0 Å². The average molecular weight is 360 g/mol. The second-order valence-electron chi connectivity index (χ2n) is 4.30. The van der Waals surface area contributed by atoms with Crippen molar-refractivity contribution in [1.29, 1.82) is 0 Å². The molecule has 2 aromatic heterocycles. The van der Waals surface area contributed by atoms with Gasteiger partial charge < -0.3 is 9.26 Å². The number of pyridine rings is 1. The molecule has 1 aromatic carbocycles. The number of carbonyl (C=O) groups excluding carboxylic acids is 1. The molecule has 7 heteroatoms. The van der Waals surface area contributed by atoms with E-state index in [0.29, 0.717) is 11.4 Å². The molecule has 0 amide bonds. The molecule has 0 saturated heterocycles. The van der Waals surface area contributed by atoms with Crippen LogP contribution in [0, 0.1) is 0 Å². The highest BCUT2D eigenvalue weighted by Crippen LogP contribution is 2.17. The quantitative estimate of drug-likeness (QED) is 0.651. The highest BCUT2D eigenvalue weighted by Gasteiger charge is 2.17. The lowest BCUT2D eigenvalue weighted by Gasteiger charge is -2.03. The summed E-state index contributed by atoms with van der Waals surface area (Å²) in [5.41, 5.74) is 0.541. The first-order valence-corrected chi connectivity index (χ1v) is 7.18. The summed E-state index contributed by atoms with van der Waals surface area (Å²) in [5.74, 6) is 0.365. The number of ether oxygens (including phenoxy) is 1. The zero-order valence-corrected chi connectivity index (χ0v) is 12.9. The van der Waals surface area contributed by atoms with E-state index >= 15 is 0 Å². The number of Topliss-reactive ketones (excluding diaryl/α,β-unsaturated/α-hetero) is 1. The van der Waals surface area contributed by atoms with Gasteiger partial charge in [-0.25, -0.2) is 0 Å². The van der Waals surface area contributed by atoms with Crippen LogP contribution < -0.4 is 4.74 Å². The van der Waals surface area contributed by atoms with E-state index in [0.717, 1.165) is 4.47 Å². The number of ketones is 1. The number of hydrogen-bond donors (Lipinski definition) is 0. The maximum Gasteiger partial charge on any atom is 0.298 e. The first-order valence-electron chi connectivity index (χ1n) is 6.39. The van der Waals surface area contributed by atoms with Crippen LogP contribution in [0.5, 0.6) is 5.75 Å². The van der Waals surface area contributed by atoms with E-state index in [1.54, 1.807) is 36.5 Å². The van der Waals surface area contributed by atoms with Crippen molar-refractivity contribution in [1.82, 2.24) is 15.1 Å². The molecule has 0 atom stereocenters. The van der Waals surface area contributed by atoms with Crippen LogP contribution in [0.4, 0.5) is 0 Å². The van der Waals surface area contributed by atoms with Gasteiger partial charge in [0.2, 0.25) is 5.82 Å². The molecule has 0 N–H and O–H groups in total. The van der Waals surface area contributed by atoms with E-state index in [9.17, 15) is 4.79 Å². The van der Waals surface area contributed by atoms with Gasteiger partial charge in [-0.1, -0.05) is 27.2 Å². The van der Waals surface area contributed by atoms with Gasteiger partial charge in [0.1, 0.15) is 11.4 Å². The summed E-state index contributed by atoms with van der Waals surface area (Å²) in [6.45, 7) is -0.175. The Labute approximate surface area is 134 Å². The lowest BCUT2D eigenvalue weighted by Crippen LogP contribution is -2.11. The molecule has 3 rings (SSSR count). The maximum atomic E-state index is 12.0. The largest absolute Gasteiger partial charge is 0.485 e. The number of aromatic nitrogens is 3. The molecule has 2 heterocycles. The van der Waals surface area contributed by atoms with Crippen molar-refractivity contribution in [2.75, 3.05) is 6.61 Å². The van der Waals surface area contributed by atoms with E-state index in [1.807, 2.05) is 12.1 Å². The summed E-state index contributed by atoms with van der Waals surface area (Å²) in [7, 11) is 0. The van der Waals surface area contributed by atoms with Crippen LogP contribution in [0.2, 0.25) is 0 Å². The Morgan fingerprint density at radius 3 is 2.73 bits per heavy atom. The minimum Gasteiger partial charge on any atom is -0.485 e. The van der Waals surface area contributed by atoms with Crippen molar-refractivity contribution in [2.24, 2.45) is 0 Å². The van der Waals surface area contributed by atoms with Gasteiger partial charge in [0.05, 0.1) is 0 Å². The molecular formula is C15H10BrN3O3. The van der Waals surface area contributed by atoms with Crippen LogP contribution in [-0.2, 0) is 0 Å². The predicted octanol–water partition coefficient (Wildman–Crippen LogP) is 3.16. The van der Waals surface area contributed by atoms with Crippen molar-refractivity contribution < 1.29 is 14.1 Å². The van der Waals surface area contributed by atoms with E-state index in [1.165, 1.54) is 0 Å². The zero-order chi connectivity index (χ0) is 15.4. The Kier molecular flexibility index (Phi) is 4.24. The van der Waals surface area contributed by atoms with Gasteiger partial charge in [0.15, 0.2) is 6.61 Å². The Hall–Kier alpha value is -2.54. The van der Waals surface area contributed by atoms with Crippen LogP contribution in [0.15, 0.2) is 57.7 Å². The normalized spacial score (nSPS) is 10.4. The molecule has 22 heavy (non-hydrogen) atoms. The summed E-state index contributed by atoms with van der Waals surface area (Å²) >= 11 is 3.33. The van der Waals surface area contributed by atoms with E-state index in [2.05, 4.69) is 31.1 Å². The fourth-order valence-corrected chi connectivity index (χ4v) is 1.94. The standard InChI is InChI=1S/C15H10BrN3O3/c16-10-4-6-11(7-5-10)21-9-13(20)15-18-14(19-22-15)12-3-1-2-8-17-12/h1-8H,9H2. The fourth-order valence-electron chi connectivity index (χ4n) is 1.68. The van der Waals surface area contributed by atoms with E-state index in [4.69, 9.17) is 9.26 Å². The van der Waals surface area contributed by atoms with Crippen LogP contribution in [0.1, 0.15) is 10.7 Å². The number of carbonyl (C=O) groups is 1. The number of benzene rings is 1. The van der Waals surface area contributed by atoms with Crippen LogP contribution in [0.3, 0.4) is 0 Å². The average Bonchev–Trinajstić information content (AvgIpc) is 3.05. The van der Waals surface area contributed by atoms with E-state index < -0.39 is 5.78 Å². The van der Waals surface area contributed by atoms with Crippen LogP contribution in [-0.4, -0.2) is 27.5 Å². The number of rotatable bonds is 5. The van der Waals surface area contributed by atoms with Crippen molar-refractivity contribution in [3.8, 4) is 17.3 Å². The zero-order valence-electron chi connectivity index (χ0n) is 11.3. The minimum atomic E-state index is -0.391. The molecular weight excluding hydrogens is 350 g/mol. The monoisotopic (exact) mass is 359 g/mol. The Morgan fingerprint density at radius 1 is 1.18 bits per heavy atom. The first kappa shape index (κ1) is 14.4. The highest BCUT2D eigenvalue weighted by atomic mass is 79.9. The fraction of sp³-hybridized carbons (Fsp3) is 0.0667. The molecule has 110 valence electrons. The molecule has 0 aliphatic heterocycles. The highest BCUT2D eigenvalue weighted by molar-refractivity contribution is 9.10. The van der Waals surface area contributed by atoms with Crippen molar-refractivity contribution in [3.05, 3.63) is 59.0 Å². The topological polar surface area (TPSA) is 78.1 Å².